The zero-order chi connectivity index (χ0) is 14.7. The highest BCUT2D eigenvalue weighted by molar-refractivity contribution is 6.00. The summed E-state index contributed by atoms with van der Waals surface area (Å²) in [7, 11) is 1.64. The maximum Gasteiger partial charge on any atom is 0.244 e. The SMILES string of the molecule is COc1ccccc1N1CC[C@H](NC2CCOCC2)C1=O. The molecule has 5 heteroatoms. The van der Waals surface area contributed by atoms with Gasteiger partial charge in [0.1, 0.15) is 5.75 Å². The number of methoxy groups -OCH3 is 1. The van der Waals surface area contributed by atoms with E-state index in [1.165, 1.54) is 0 Å². The Morgan fingerprint density at radius 1 is 1.24 bits per heavy atom. The zero-order valence-corrected chi connectivity index (χ0v) is 12.4. The Morgan fingerprint density at radius 3 is 2.76 bits per heavy atom. The normalized spacial score (nSPS) is 23.6. The minimum Gasteiger partial charge on any atom is -0.495 e. The minimum absolute atomic E-state index is 0.0852. The van der Waals surface area contributed by atoms with Crippen LogP contribution in [0.1, 0.15) is 19.3 Å². The molecule has 1 aromatic carbocycles. The van der Waals surface area contributed by atoms with Crippen LogP contribution in [-0.2, 0) is 9.53 Å². The Labute approximate surface area is 125 Å². The molecular weight excluding hydrogens is 268 g/mol. The first-order valence-electron chi connectivity index (χ1n) is 7.58. The van der Waals surface area contributed by atoms with Gasteiger partial charge in [-0.15, -0.1) is 0 Å². The van der Waals surface area contributed by atoms with Crippen molar-refractivity contribution < 1.29 is 14.3 Å². The molecule has 0 spiro atoms. The fourth-order valence-electron chi connectivity index (χ4n) is 3.08. The predicted octanol–water partition coefficient (Wildman–Crippen LogP) is 1.57. The van der Waals surface area contributed by atoms with Gasteiger partial charge in [0, 0.05) is 25.8 Å². The van der Waals surface area contributed by atoms with Crippen LogP contribution in [0.3, 0.4) is 0 Å². The van der Waals surface area contributed by atoms with Crippen LogP contribution in [0.2, 0.25) is 0 Å². The van der Waals surface area contributed by atoms with Crippen molar-refractivity contribution in [2.24, 2.45) is 0 Å². The topological polar surface area (TPSA) is 50.8 Å². The Morgan fingerprint density at radius 2 is 2.00 bits per heavy atom. The molecule has 2 fully saturated rings. The highest BCUT2D eigenvalue weighted by Gasteiger charge is 2.35. The van der Waals surface area contributed by atoms with E-state index in [9.17, 15) is 4.79 Å². The number of benzene rings is 1. The van der Waals surface area contributed by atoms with Crippen molar-refractivity contribution in [1.29, 1.82) is 0 Å². The summed E-state index contributed by atoms with van der Waals surface area (Å²) in [5.41, 5.74) is 0.862. The molecule has 0 unspecified atom stereocenters. The number of carbonyl (C=O) groups is 1. The molecule has 21 heavy (non-hydrogen) atoms. The monoisotopic (exact) mass is 290 g/mol. The number of amides is 1. The largest absolute Gasteiger partial charge is 0.495 e. The second-order valence-corrected chi connectivity index (χ2v) is 5.56. The Balaban J connectivity index is 1.68. The molecule has 2 saturated heterocycles. The van der Waals surface area contributed by atoms with E-state index in [1.54, 1.807) is 7.11 Å². The summed E-state index contributed by atoms with van der Waals surface area (Å²) in [4.78, 5) is 14.5. The molecule has 2 aliphatic rings. The fraction of sp³-hybridized carbons (Fsp3) is 0.562. The highest BCUT2D eigenvalue weighted by Crippen LogP contribution is 2.31. The van der Waals surface area contributed by atoms with Crippen molar-refractivity contribution in [3.63, 3.8) is 0 Å². The summed E-state index contributed by atoms with van der Waals surface area (Å²) >= 11 is 0. The van der Waals surface area contributed by atoms with Crippen LogP contribution < -0.4 is 15.0 Å². The molecule has 5 nitrogen and oxygen atoms in total. The molecule has 0 aromatic heterocycles. The van der Waals surface area contributed by atoms with Crippen molar-refractivity contribution in [2.75, 3.05) is 31.8 Å². The van der Waals surface area contributed by atoms with Crippen LogP contribution in [0.5, 0.6) is 5.75 Å². The lowest BCUT2D eigenvalue weighted by Gasteiger charge is -2.26. The number of ether oxygens (including phenoxy) is 2. The number of rotatable bonds is 4. The lowest BCUT2D eigenvalue weighted by molar-refractivity contribution is -0.119. The molecule has 1 amide bonds. The van der Waals surface area contributed by atoms with Gasteiger partial charge in [-0.05, 0) is 31.4 Å². The average Bonchev–Trinajstić information content (AvgIpc) is 2.89. The van der Waals surface area contributed by atoms with Crippen molar-refractivity contribution in [2.45, 2.75) is 31.3 Å². The fourth-order valence-corrected chi connectivity index (χ4v) is 3.08. The molecule has 0 aliphatic carbocycles. The van der Waals surface area contributed by atoms with E-state index in [1.807, 2.05) is 29.2 Å². The lowest BCUT2D eigenvalue weighted by atomic mass is 10.1. The zero-order valence-electron chi connectivity index (χ0n) is 12.4. The van der Waals surface area contributed by atoms with Crippen LogP contribution >= 0.6 is 0 Å². The minimum atomic E-state index is -0.0852. The Hall–Kier alpha value is -1.59. The van der Waals surface area contributed by atoms with Gasteiger partial charge in [0.15, 0.2) is 0 Å². The van der Waals surface area contributed by atoms with Crippen LogP contribution in [0.15, 0.2) is 24.3 Å². The standard InChI is InChI=1S/C16H22N2O3/c1-20-15-5-3-2-4-14(15)18-9-6-13(16(18)19)17-12-7-10-21-11-8-12/h2-5,12-13,17H,6-11H2,1H3/t13-/m0/s1. The van der Waals surface area contributed by atoms with Gasteiger partial charge in [-0.1, -0.05) is 12.1 Å². The lowest BCUT2D eigenvalue weighted by Crippen LogP contribution is -2.45. The van der Waals surface area contributed by atoms with Gasteiger partial charge >= 0.3 is 0 Å². The van der Waals surface area contributed by atoms with Crippen molar-refractivity contribution in [1.82, 2.24) is 5.32 Å². The molecule has 0 bridgehead atoms. The smallest absolute Gasteiger partial charge is 0.244 e. The molecule has 0 saturated carbocycles. The van der Waals surface area contributed by atoms with E-state index in [-0.39, 0.29) is 11.9 Å². The number of nitrogens with one attached hydrogen (secondary N) is 1. The summed E-state index contributed by atoms with van der Waals surface area (Å²) in [6.45, 7) is 2.31. The molecule has 1 N–H and O–H groups in total. The summed E-state index contributed by atoms with van der Waals surface area (Å²) < 4.78 is 10.7. The molecule has 1 aromatic rings. The number of hydrogen-bond acceptors (Lipinski definition) is 4. The second-order valence-electron chi connectivity index (χ2n) is 5.56. The summed E-state index contributed by atoms with van der Waals surface area (Å²) in [5.74, 6) is 0.892. The first-order valence-corrected chi connectivity index (χ1v) is 7.58. The summed E-state index contributed by atoms with van der Waals surface area (Å²) in [6.07, 6.45) is 2.81. The number of nitrogens with zero attached hydrogens (tertiary/aromatic N) is 1. The first-order chi connectivity index (χ1) is 10.3. The summed E-state index contributed by atoms with van der Waals surface area (Å²) in [5, 5.41) is 3.49. The third kappa shape index (κ3) is 3.04. The Kier molecular flexibility index (Phi) is 4.41. The predicted molar refractivity (Wildman–Crippen MR) is 80.7 cm³/mol. The summed E-state index contributed by atoms with van der Waals surface area (Å²) in [6, 6.07) is 7.99. The van der Waals surface area contributed by atoms with Crippen molar-refractivity contribution >= 4 is 11.6 Å². The third-order valence-electron chi connectivity index (χ3n) is 4.24. The maximum atomic E-state index is 12.6. The molecule has 114 valence electrons. The Bertz CT molecular complexity index is 500. The van der Waals surface area contributed by atoms with Gasteiger partial charge in [0.25, 0.3) is 0 Å². The van der Waals surface area contributed by atoms with Crippen LogP contribution in [0.25, 0.3) is 0 Å². The van der Waals surface area contributed by atoms with Gasteiger partial charge < -0.3 is 19.7 Å². The van der Waals surface area contributed by atoms with Gasteiger partial charge in [0.05, 0.1) is 18.8 Å². The molecule has 3 rings (SSSR count). The number of hydrogen-bond donors (Lipinski definition) is 1. The number of para-hydroxylation sites is 2. The molecule has 2 aliphatic heterocycles. The molecular formula is C16H22N2O3. The molecule has 1 atom stereocenters. The van der Waals surface area contributed by atoms with E-state index in [4.69, 9.17) is 9.47 Å². The van der Waals surface area contributed by atoms with Crippen LogP contribution in [0.4, 0.5) is 5.69 Å². The number of carbonyl (C=O) groups excluding carboxylic acids is 1. The van der Waals surface area contributed by atoms with E-state index >= 15 is 0 Å². The van der Waals surface area contributed by atoms with E-state index in [0.29, 0.717) is 6.04 Å². The second kappa shape index (κ2) is 6.45. The van der Waals surface area contributed by atoms with Crippen molar-refractivity contribution in [3.05, 3.63) is 24.3 Å². The molecule has 2 heterocycles. The third-order valence-corrected chi connectivity index (χ3v) is 4.24. The quantitative estimate of drug-likeness (QED) is 0.914. The van der Waals surface area contributed by atoms with E-state index in [0.717, 1.165) is 50.5 Å². The van der Waals surface area contributed by atoms with Crippen LogP contribution in [-0.4, -0.2) is 44.9 Å². The van der Waals surface area contributed by atoms with Gasteiger partial charge in [-0.2, -0.15) is 0 Å². The molecule has 0 radical (unpaired) electrons. The van der Waals surface area contributed by atoms with Gasteiger partial charge in [0.2, 0.25) is 5.91 Å². The maximum absolute atomic E-state index is 12.6. The van der Waals surface area contributed by atoms with Gasteiger partial charge in [-0.3, -0.25) is 4.79 Å². The van der Waals surface area contributed by atoms with Gasteiger partial charge in [-0.25, -0.2) is 0 Å². The number of anilines is 1. The highest BCUT2D eigenvalue weighted by atomic mass is 16.5. The van der Waals surface area contributed by atoms with Crippen LogP contribution in [0, 0.1) is 0 Å². The average molecular weight is 290 g/mol. The first kappa shape index (κ1) is 14.4. The van der Waals surface area contributed by atoms with E-state index < -0.39 is 0 Å². The van der Waals surface area contributed by atoms with Crippen molar-refractivity contribution in [3.8, 4) is 5.75 Å². The van der Waals surface area contributed by atoms with E-state index in [2.05, 4.69) is 5.32 Å².